The first-order valence-corrected chi connectivity index (χ1v) is 10.6. The SMILES string of the molecule is CC(C)Nc1cc(-n2ncc3cc(C#N)cnc32)ncc1-n1cc(CC[C@](C)(O)CO)nn1. The summed E-state index contributed by atoms with van der Waals surface area (Å²) >= 11 is 0. The first-order chi connectivity index (χ1) is 15.8. The normalized spacial score (nSPS) is 13.2. The molecule has 0 amide bonds. The number of aromatic nitrogens is 7. The molecule has 0 aromatic carbocycles. The first kappa shape index (κ1) is 22.3. The summed E-state index contributed by atoms with van der Waals surface area (Å²) in [5.41, 5.74) is 2.09. The highest BCUT2D eigenvalue weighted by atomic mass is 16.3. The van der Waals surface area contributed by atoms with Crippen molar-refractivity contribution in [3.8, 4) is 17.6 Å². The Kier molecular flexibility index (Phi) is 6.04. The standard InChI is InChI=1S/C22H25N9O2/c1-14(2)27-18-7-20(31-21-16(10-26-31)6-15(8-23)9-25-21)24-11-19(18)30-12-17(28-29-30)4-5-22(3,33)13-32/h6-7,9-12,14,32-33H,4-5,13H2,1-3H3,(H,24,27)/t22-/m0/s1. The van der Waals surface area contributed by atoms with Crippen LogP contribution in [0, 0.1) is 11.3 Å². The quantitative estimate of drug-likeness (QED) is 0.367. The van der Waals surface area contributed by atoms with Crippen LogP contribution in [0.1, 0.15) is 38.4 Å². The summed E-state index contributed by atoms with van der Waals surface area (Å²) in [4.78, 5) is 8.92. The van der Waals surface area contributed by atoms with Crippen molar-refractivity contribution in [3.05, 3.63) is 48.2 Å². The van der Waals surface area contributed by atoms with Gasteiger partial charge in [0, 0.05) is 23.7 Å². The van der Waals surface area contributed by atoms with Gasteiger partial charge in [0.2, 0.25) is 0 Å². The van der Waals surface area contributed by atoms with E-state index < -0.39 is 5.60 Å². The average Bonchev–Trinajstić information content (AvgIpc) is 3.44. The van der Waals surface area contributed by atoms with Crippen molar-refractivity contribution in [1.29, 1.82) is 5.26 Å². The predicted octanol–water partition coefficient (Wildman–Crippen LogP) is 1.76. The zero-order valence-corrected chi connectivity index (χ0v) is 18.6. The van der Waals surface area contributed by atoms with Crippen LogP contribution in [0.4, 0.5) is 5.69 Å². The van der Waals surface area contributed by atoms with E-state index in [2.05, 4.69) is 36.8 Å². The Bertz CT molecular complexity index is 1320. The molecule has 1 atom stereocenters. The Morgan fingerprint density at radius 3 is 2.76 bits per heavy atom. The molecule has 0 saturated carbocycles. The lowest BCUT2D eigenvalue weighted by atomic mass is 10.0. The van der Waals surface area contributed by atoms with E-state index in [0.29, 0.717) is 41.3 Å². The van der Waals surface area contributed by atoms with Gasteiger partial charge >= 0.3 is 0 Å². The lowest BCUT2D eigenvalue weighted by Crippen LogP contribution is -2.29. The van der Waals surface area contributed by atoms with Gasteiger partial charge < -0.3 is 15.5 Å². The molecule has 0 bridgehead atoms. The van der Waals surface area contributed by atoms with Crippen molar-refractivity contribution in [2.45, 2.75) is 45.3 Å². The van der Waals surface area contributed by atoms with E-state index in [9.17, 15) is 10.2 Å². The number of aryl methyl sites for hydroxylation is 1. The number of hydrogen-bond donors (Lipinski definition) is 3. The van der Waals surface area contributed by atoms with E-state index in [-0.39, 0.29) is 12.6 Å². The molecule has 4 aromatic rings. The van der Waals surface area contributed by atoms with Gasteiger partial charge in [0.1, 0.15) is 11.8 Å². The second-order valence-corrected chi connectivity index (χ2v) is 8.47. The summed E-state index contributed by atoms with van der Waals surface area (Å²) in [6, 6.07) is 5.82. The van der Waals surface area contributed by atoms with Gasteiger partial charge in [-0.1, -0.05) is 5.21 Å². The molecule has 0 saturated heterocycles. The summed E-state index contributed by atoms with van der Waals surface area (Å²) in [6.07, 6.45) is 7.46. The third-order valence-corrected chi connectivity index (χ3v) is 5.11. The van der Waals surface area contributed by atoms with Crippen LogP contribution in [-0.2, 0) is 6.42 Å². The van der Waals surface area contributed by atoms with Crippen LogP contribution in [0.15, 0.2) is 36.9 Å². The molecule has 0 aliphatic carbocycles. The summed E-state index contributed by atoms with van der Waals surface area (Å²) in [7, 11) is 0. The number of pyridine rings is 2. The Balaban J connectivity index is 1.68. The van der Waals surface area contributed by atoms with Gasteiger partial charge in [0.15, 0.2) is 11.5 Å². The van der Waals surface area contributed by atoms with Crippen LogP contribution >= 0.6 is 0 Å². The fourth-order valence-corrected chi connectivity index (χ4v) is 3.32. The molecule has 170 valence electrons. The van der Waals surface area contributed by atoms with Crippen molar-refractivity contribution in [2.75, 3.05) is 11.9 Å². The van der Waals surface area contributed by atoms with Crippen LogP contribution in [0.5, 0.6) is 0 Å². The molecule has 0 unspecified atom stereocenters. The van der Waals surface area contributed by atoms with E-state index >= 15 is 0 Å². The second kappa shape index (κ2) is 8.93. The summed E-state index contributed by atoms with van der Waals surface area (Å²) in [5, 5.41) is 45.3. The number of anilines is 1. The lowest BCUT2D eigenvalue weighted by Gasteiger charge is -2.18. The Morgan fingerprint density at radius 2 is 2.03 bits per heavy atom. The Morgan fingerprint density at radius 1 is 1.21 bits per heavy atom. The van der Waals surface area contributed by atoms with Crippen molar-refractivity contribution >= 4 is 16.7 Å². The van der Waals surface area contributed by atoms with Crippen LogP contribution in [0.3, 0.4) is 0 Å². The molecule has 4 heterocycles. The van der Waals surface area contributed by atoms with Crippen LogP contribution in [0.2, 0.25) is 0 Å². The van der Waals surface area contributed by atoms with Gasteiger partial charge in [-0.15, -0.1) is 5.10 Å². The predicted molar refractivity (Wildman–Crippen MR) is 121 cm³/mol. The molecule has 0 fully saturated rings. The highest BCUT2D eigenvalue weighted by molar-refractivity contribution is 5.77. The molecule has 4 aromatic heterocycles. The van der Waals surface area contributed by atoms with Gasteiger partial charge in [-0.25, -0.2) is 14.6 Å². The van der Waals surface area contributed by atoms with Crippen molar-refractivity contribution in [2.24, 2.45) is 0 Å². The number of fused-ring (bicyclic) bond motifs is 1. The summed E-state index contributed by atoms with van der Waals surface area (Å²) in [6.45, 7) is 5.33. The monoisotopic (exact) mass is 447 g/mol. The van der Waals surface area contributed by atoms with Crippen LogP contribution in [0.25, 0.3) is 22.5 Å². The number of rotatable bonds is 8. The fraction of sp³-hybridized carbons (Fsp3) is 0.364. The number of aliphatic hydroxyl groups is 2. The zero-order valence-electron chi connectivity index (χ0n) is 18.6. The lowest BCUT2D eigenvalue weighted by molar-refractivity contribution is -0.00492. The molecule has 3 N–H and O–H groups in total. The highest BCUT2D eigenvalue weighted by Gasteiger charge is 2.20. The second-order valence-electron chi connectivity index (χ2n) is 8.47. The maximum Gasteiger partial charge on any atom is 0.164 e. The third-order valence-electron chi connectivity index (χ3n) is 5.11. The molecule has 11 heteroatoms. The topological polar surface area (TPSA) is 151 Å². The number of aliphatic hydroxyl groups excluding tert-OH is 1. The highest BCUT2D eigenvalue weighted by Crippen LogP contribution is 2.25. The first-order valence-electron chi connectivity index (χ1n) is 10.6. The maximum absolute atomic E-state index is 10.0. The minimum Gasteiger partial charge on any atom is -0.393 e. The minimum atomic E-state index is -1.16. The third kappa shape index (κ3) is 4.82. The van der Waals surface area contributed by atoms with E-state index in [1.54, 1.807) is 40.9 Å². The number of nitrogens with one attached hydrogen (secondary N) is 1. The smallest absolute Gasteiger partial charge is 0.164 e. The Hall–Kier alpha value is -3.88. The number of hydrogen-bond acceptors (Lipinski definition) is 9. The minimum absolute atomic E-state index is 0.146. The van der Waals surface area contributed by atoms with Gasteiger partial charge in [-0.05, 0) is 39.7 Å². The molecule has 0 spiro atoms. The average molecular weight is 448 g/mol. The molecular formula is C22H25N9O2. The number of nitriles is 1. The fourth-order valence-electron chi connectivity index (χ4n) is 3.32. The molecule has 0 aliphatic rings. The van der Waals surface area contributed by atoms with Gasteiger partial charge in [-0.3, -0.25) is 0 Å². The summed E-state index contributed by atoms with van der Waals surface area (Å²) < 4.78 is 3.25. The van der Waals surface area contributed by atoms with Crippen molar-refractivity contribution in [3.63, 3.8) is 0 Å². The van der Waals surface area contributed by atoms with E-state index in [4.69, 9.17) is 5.26 Å². The molecule has 33 heavy (non-hydrogen) atoms. The number of nitrogens with zero attached hydrogens (tertiary/aromatic N) is 8. The maximum atomic E-state index is 10.0. The van der Waals surface area contributed by atoms with Crippen LogP contribution < -0.4 is 5.32 Å². The zero-order chi connectivity index (χ0) is 23.6. The molecule has 0 radical (unpaired) electrons. The molecule has 0 aliphatic heterocycles. The van der Waals surface area contributed by atoms with Gasteiger partial charge in [0.25, 0.3) is 0 Å². The van der Waals surface area contributed by atoms with Gasteiger partial charge in [-0.2, -0.15) is 15.0 Å². The van der Waals surface area contributed by atoms with Crippen LogP contribution in [-0.4, -0.2) is 63.2 Å². The Labute approximate surface area is 190 Å². The molecule has 4 rings (SSSR count). The van der Waals surface area contributed by atoms with E-state index in [1.807, 2.05) is 19.9 Å². The van der Waals surface area contributed by atoms with Gasteiger partial charge in [0.05, 0.1) is 47.7 Å². The summed E-state index contributed by atoms with van der Waals surface area (Å²) in [5.74, 6) is 0.563. The largest absolute Gasteiger partial charge is 0.393 e. The van der Waals surface area contributed by atoms with Crippen molar-refractivity contribution < 1.29 is 10.2 Å². The molecular weight excluding hydrogens is 422 g/mol. The molecule has 11 nitrogen and oxygen atoms in total. The van der Waals surface area contributed by atoms with E-state index in [0.717, 1.165) is 11.1 Å². The van der Waals surface area contributed by atoms with Crippen molar-refractivity contribution in [1.82, 2.24) is 34.7 Å². The van der Waals surface area contributed by atoms with E-state index in [1.165, 1.54) is 6.20 Å².